The first-order chi connectivity index (χ1) is 13.9. The Morgan fingerprint density at radius 2 is 1.79 bits per heavy atom. The number of anilines is 1. The van der Waals surface area contributed by atoms with Gasteiger partial charge in [0.25, 0.3) is 5.91 Å². The molecule has 2 aromatic rings. The van der Waals surface area contributed by atoms with Crippen molar-refractivity contribution in [2.45, 2.75) is 31.8 Å². The van der Waals surface area contributed by atoms with Gasteiger partial charge in [0.05, 0.1) is 19.9 Å². The van der Waals surface area contributed by atoms with E-state index in [0.717, 1.165) is 17.0 Å². The van der Waals surface area contributed by atoms with Crippen molar-refractivity contribution in [3.63, 3.8) is 0 Å². The first-order valence-electron chi connectivity index (χ1n) is 8.93. The van der Waals surface area contributed by atoms with Crippen molar-refractivity contribution in [1.82, 2.24) is 9.97 Å². The number of esters is 1. The number of carbonyl (C=O) groups excluding carboxylic acids is 2. The number of ether oxygens (including phenoxy) is 3. The molecule has 156 valence electrons. The smallest absolute Gasteiger partial charge is 0.306 e. The molecule has 1 N–H and O–H groups in total. The summed E-state index contributed by atoms with van der Waals surface area (Å²) in [5, 5.41) is 3.36. The molecule has 0 atom stereocenters. The lowest BCUT2D eigenvalue weighted by molar-refractivity contribution is -0.147. The zero-order chi connectivity index (χ0) is 21.4. The summed E-state index contributed by atoms with van der Waals surface area (Å²) in [6.45, 7) is 3.40. The maximum atomic E-state index is 12.1. The quantitative estimate of drug-likeness (QED) is 0.376. The maximum absolute atomic E-state index is 12.1. The summed E-state index contributed by atoms with van der Waals surface area (Å²) in [4.78, 5) is 33.0. The van der Waals surface area contributed by atoms with Gasteiger partial charge in [-0.25, -0.2) is 9.97 Å². The van der Waals surface area contributed by atoms with Crippen LogP contribution in [0.25, 0.3) is 0 Å². The molecule has 1 aromatic carbocycles. The second kappa shape index (κ2) is 10.7. The van der Waals surface area contributed by atoms with Crippen molar-refractivity contribution in [1.29, 1.82) is 0 Å². The number of rotatable bonds is 9. The van der Waals surface area contributed by atoms with Gasteiger partial charge in [-0.3, -0.25) is 9.59 Å². The molecule has 0 aliphatic carbocycles. The molecule has 0 unspecified atom stereocenters. The average Bonchev–Trinajstić information content (AvgIpc) is 2.71. The van der Waals surface area contributed by atoms with Gasteiger partial charge in [0, 0.05) is 23.9 Å². The number of hydrogen-bond donors (Lipinski definition) is 1. The van der Waals surface area contributed by atoms with E-state index in [1.165, 1.54) is 26.0 Å². The van der Waals surface area contributed by atoms with Gasteiger partial charge in [-0.05, 0) is 44.2 Å². The molecule has 0 bridgehead atoms. The number of nitrogens with zero attached hydrogens (tertiary/aromatic N) is 2. The molecule has 0 radical (unpaired) electrons. The molecule has 29 heavy (non-hydrogen) atoms. The van der Waals surface area contributed by atoms with Gasteiger partial charge in [0.2, 0.25) is 0 Å². The van der Waals surface area contributed by atoms with E-state index in [1.54, 1.807) is 18.2 Å². The van der Waals surface area contributed by atoms with Gasteiger partial charge in [0.15, 0.2) is 11.8 Å². The van der Waals surface area contributed by atoms with Crippen LogP contribution in [0.15, 0.2) is 23.4 Å². The third-order valence-electron chi connectivity index (χ3n) is 4.21. The second-order valence-corrected chi connectivity index (χ2v) is 6.91. The summed E-state index contributed by atoms with van der Waals surface area (Å²) in [7, 11) is 3.02. The lowest BCUT2D eigenvalue weighted by Gasteiger charge is -2.12. The molecule has 1 aromatic heterocycles. The molecule has 9 heteroatoms. The number of hydrogen-bond acceptors (Lipinski definition) is 8. The summed E-state index contributed by atoms with van der Waals surface area (Å²) in [5.41, 5.74) is 3.05. The van der Waals surface area contributed by atoms with Crippen molar-refractivity contribution < 1.29 is 23.8 Å². The lowest BCUT2D eigenvalue weighted by Crippen LogP contribution is -2.21. The van der Waals surface area contributed by atoms with Gasteiger partial charge in [-0.1, -0.05) is 11.8 Å². The predicted molar refractivity (Wildman–Crippen MR) is 111 cm³/mol. The molecule has 0 aliphatic rings. The highest BCUT2D eigenvalue weighted by atomic mass is 32.2. The molecular formula is C20H25N3O5S. The second-order valence-electron chi connectivity index (χ2n) is 6.13. The Labute approximate surface area is 174 Å². The van der Waals surface area contributed by atoms with E-state index in [1.807, 2.05) is 20.1 Å². The molecule has 0 spiro atoms. The topological polar surface area (TPSA) is 99.6 Å². The Kier molecular flexibility index (Phi) is 8.26. The molecule has 0 saturated heterocycles. The standard InChI is InChI=1S/C20H25N3O5S/c1-12-15(13(2)22-20(21-12)29-5)7-9-19(25)28-11-18(24)23-16-10-14(26-3)6-8-17(16)27-4/h6,8,10H,7,9,11H2,1-5H3,(H,23,24). The van der Waals surface area contributed by atoms with E-state index in [-0.39, 0.29) is 13.0 Å². The Morgan fingerprint density at radius 3 is 2.38 bits per heavy atom. The number of nitrogens with one attached hydrogen (secondary N) is 1. The van der Waals surface area contributed by atoms with E-state index in [9.17, 15) is 9.59 Å². The van der Waals surface area contributed by atoms with Gasteiger partial charge < -0.3 is 19.5 Å². The Hall–Kier alpha value is -2.81. The van der Waals surface area contributed by atoms with E-state index < -0.39 is 11.9 Å². The number of amides is 1. The molecule has 0 aliphatic heterocycles. The number of aryl methyl sites for hydroxylation is 2. The van der Waals surface area contributed by atoms with E-state index in [2.05, 4.69) is 15.3 Å². The van der Waals surface area contributed by atoms with E-state index in [4.69, 9.17) is 14.2 Å². The van der Waals surface area contributed by atoms with E-state index >= 15 is 0 Å². The monoisotopic (exact) mass is 419 g/mol. The highest BCUT2D eigenvalue weighted by Gasteiger charge is 2.14. The minimum absolute atomic E-state index is 0.138. The molecule has 8 nitrogen and oxygen atoms in total. The third kappa shape index (κ3) is 6.35. The highest BCUT2D eigenvalue weighted by molar-refractivity contribution is 7.98. The van der Waals surface area contributed by atoms with E-state index in [0.29, 0.717) is 28.8 Å². The van der Waals surface area contributed by atoms with Crippen LogP contribution in [-0.4, -0.2) is 48.9 Å². The van der Waals surface area contributed by atoms with Crippen molar-refractivity contribution in [2.75, 3.05) is 32.4 Å². The fraction of sp³-hybridized carbons (Fsp3) is 0.400. The van der Waals surface area contributed by atoms with Gasteiger partial charge in [0.1, 0.15) is 11.5 Å². The van der Waals surface area contributed by atoms with Crippen LogP contribution in [0.2, 0.25) is 0 Å². The van der Waals surface area contributed by atoms with Crippen molar-refractivity contribution in [3.05, 3.63) is 35.2 Å². The maximum Gasteiger partial charge on any atom is 0.306 e. The fourth-order valence-corrected chi connectivity index (χ4v) is 3.16. The predicted octanol–water partition coefficient (Wildman–Crippen LogP) is 2.95. The minimum Gasteiger partial charge on any atom is -0.497 e. The summed E-state index contributed by atoms with van der Waals surface area (Å²) in [6, 6.07) is 5.02. The third-order valence-corrected chi connectivity index (χ3v) is 4.75. The van der Waals surface area contributed by atoms with Crippen LogP contribution in [0.1, 0.15) is 23.4 Å². The van der Waals surface area contributed by atoms with Crippen LogP contribution in [0.4, 0.5) is 5.69 Å². The first-order valence-corrected chi connectivity index (χ1v) is 10.2. The summed E-state index contributed by atoms with van der Waals surface area (Å²) < 4.78 is 15.4. The van der Waals surface area contributed by atoms with Gasteiger partial charge >= 0.3 is 5.97 Å². The number of carbonyl (C=O) groups is 2. The van der Waals surface area contributed by atoms with Crippen molar-refractivity contribution in [3.8, 4) is 11.5 Å². The SMILES string of the molecule is COc1ccc(OC)c(NC(=O)COC(=O)CCc2c(C)nc(SC)nc2C)c1. The number of aromatic nitrogens is 2. The van der Waals surface area contributed by atoms with Crippen LogP contribution in [0.5, 0.6) is 11.5 Å². The average molecular weight is 420 g/mol. The molecule has 1 amide bonds. The Morgan fingerprint density at radius 1 is 1.10 bits per heavy atom. The molecule has 1 heterocycles. The normalized spacial score (nSPS) is 10.4. The highest BCUT2D eigenvalue weighted by Crippen LogP contribution is 2.28. The van der Waals surface area contributed by atoms with Crippen molar-refractivity contribution in [2.24, 2.45) is 0 Å². The fourth-order valence-electron chi connectivity index (χ4n) is 2.71. The number of methoxy groups -OCH3 is 2. The largest absolute Gasteiger partial charge is 0.497 e. The molecule has 0 fully saturated rings. The van der Waals surface area contributed by atoms with Crippen LogP contribution in [0.3, 0.4) is 0 Å². The number of benzene rings is 1. The molecule has 2 rings (SSSR count). The Balaban J connectivity index is 1.88. The van der Waals surface area contributed by atoms with Crippen LogP contribution >= 0.6 is 11.8 Å². The zero-order valence-electron chi connectivity index (χ0n) is 17.2. The lowest BCUT2D eigenvalue weighted by atomic mass is 10.1. The minimum atomic E-state index is -0.468. The van der Waals surface area contributed by atoms with Crippen LogP contribution < -0.4 is 14.8 Å². The molecular weight excluding hydrogens is 394 g/mol. The first kappa shape index (κ1) is 22.5. The summed E-state index contributed by atoms with van der Waals surface area (Å²) in [6.07, 6.45) is 2.51. The van der Waals surface area contributed by atoms with Crippen LogP contribution in [-0.2, 0) is 20.7 Å². The molecule has 0 saturated carbocycles. The van der Waals surface area contributed by atoms with Gasteiger partial charge in [-0.15, -0.1) is 0 Å². The van der Waals surface area contributed by atoms with Crippen LogP contribution in [0, 0.1) is 13.8 Å². The van der Waals surface area contributed by atoms with Gasteiger partial charge in [-0.2, -0.15) is 0 Å². The van der Waals surface area contributed by atoms with Crippen molar-refractivity contribution >= 4 is 29.3 Å². The summed E-state index contributed by atoms with van der Waals surface area (Å²) in [5.74, 6) is 0.110. The Bertz CT molecular complexity index is 865. The number of thioether (sulfide) groups is 1. The summed E-state index contributed by atoms with van der Waals surface area (Å²) >= 11 is 1.47. The zero-order valence-corrected chi connectivity index (χ0v) is 18.0.